The van der Waals surface area contributed by atoms with Gasteiger partial charge in [0.15, 0.2) is 10.3 Å². The molecule has 2 heterocycles. The van der Waals surface area contributed by atoms with E-state index in [4.69, 9.17) is 32.7 Å². The van der Waals surface area contributed by atoms with E-state index in [-0.39, 0.29) is 15.7 Å². The number of aromatic nitrogens is 2. The van der Waals surface area contributed by atoms with Crippen molar-refractivity contribution in [3.63, 3.8) is 0 Å². The zero-order valence-electron chi connectivity index (χ0n) is 8.50. The van der Waals surface area contributed by atoms with Gasteiger partial charge >= 0.3 is 0 Å². The highest BCUT2D eigenvalue weighted by Gasteiger charge is 2.41. The van der Waals surface area contributed by atoms with Crippen molar-refractivity contribution in [1.29, 1.82) is 0 Å². The Balaban J connectivity index is 1.96. The Morgan fingerprint density at radius 3 is 1.81 bits per heavy atom. The van der Waals surface area contributed by atoms with Crippen molar-refractivity contribution in [2.75, 3.05) is 13.2 Å². The molecule has 16 heavy (non-hydrogen) atoms. The second kappa shape index (κ2) is 3.64. The summed E-state index contributed by atoms with van der Waals surface area (Å²) in [6.07, 6.45) is 3.47. The SMILES string of the molecule is Clc1nnc(Cl)c2c1OCC1(CCC1)CO2. The van der Waals surface area contributed by atoms with Gasteiger partial charge in [0, 0.05) is 5.41 Å². The van der Waals surface area contributed by atoms with Crippen LogP contribution < -0.4 is 9.47 Å². The average Bonchev–Trinajstić information content (AvgIpc) is 2.43. The van der Waals surface area contributed by atoms with Crippen LogP contribution in [0.5, 0.6) is 11.5 Å². The van der Waals surface area contributed by atoms with Gasteiger partial charge in [-0.05, 0) is 12.8 Å². The molecule has 4 nitrogen and oxygen atoms in total. The summed E-state index contributed by atoms with van der Waals surface area (Å²) in [7, 11) is 0. The molecule has 1 fully saturated rings. The first-order chi connectivity index (χ1) is 7.70. The highest BCUT2D eigenvalue weighted by Crippen LogP contribution is 2.47. The number of halogens is 2. The van der Waals surface area contributed by atoms with Crippen LogP contribution in [0.2, 0.25) is 10.3 Å². The Bertz CT molecular complexity index is 400. The van der Waals surface area contributed by atoms with Crippen LogP contribution in [0.3, 0.4) is 0 Å². The maximum atomic E-state index is 5.90. The van der Waals surface area contributed by atoms with E-state index in [0.717, 1.165) is 12.8 Å². The molecule has 1 aliphatic heterocycles. The van der Waals surface area contributed by atoms with Crippen LogP contribution in [0.4, 0.5) is 0 Å². The van der Waals surface area contributed by atoms with E-state index < -0.39 is 0 Å². The molecule has 2 aliphatic rings. The monoisotopic (exact) mass is 260 g/mol. The van der Waals surface area contributed by atoms with Crippen LogP contribution in [0.1, 0.15) is 19.3 Å². The second-order valence-electron chi connectivity index (χ2n) is 4.37. The van der Waals surface area contributed by atoms with E-state index in [1.54, 1.807) is 0 Å². The number of ether oxygens (including phenoxy) is 2. The van der Waals surface area contributed by atoms with Gasteiger partial charge in [0.25, 0.3) is 0 Å². The lowest BCUT2D eigenvalue weighted by atomic mass is 9.70. The molecule has 0 saturated heterocycles. The van der Waals surface area contributed by atoms with Crippen LogP contribution in [-0.4, -0.2) is 23.4 Å². The first kappa shape index (κ1) is 10.4. The van der Waals surface area contributed by atoms with Gasteiger partial charge < -0.3 is 9.47 Å². The van der Waals surface area contributed by atoms with Gasteiger partial charge in [-0.15, -0.1) is 10.2 Å². The van der Waals surface area contributed by atoms with Crippen molar-refractivity contribution < 1.29 is 9.47 Å². The van der Waals surface area contributed by atoms with Crippen molar-refractivity contribution in [2.45, 2.75) is 19.3 Å². The molecule has 0 N–H and O–H groups in total. The summed E-state index contributed by atoms with van der Waals surface area (Å²) in [5, 5.41) is 7.82. The predicted molar refractivity (Wildman–Crippen MR) is 59.3 cm³/mol. The van der Waals surface area contributed by atoms with E-state index >= 15 is 0 Å². The Labute approximate surface area is 103 Å². The van der Waals surface area contributed by atoms with Crippen molar-refractivity contribution in [3.05, 3.63) is 10.3 Å². The highest BCUT2D eigenvalue weighted by molar-refractivity contribution is 6.33. The zero-order chi connectivity index (χ0) is 11.2. The molecule has 1 saturated carbocycles. The van der Waals surface area contributed by atoms with Gasteiger partial charge in [-0.1, -0.05) is 29.6 Å². The van der Waals surface area contributed by atoms with Crippen LogP contribution in [0.25, 0.3) is 0 Å². The molecule has 0 unspecified atom stereocenters. The van der Waals surface area contributed by atoms with Gasteiger partial charge in [-0.25, -0.2) is 0 Å². The summed E-state index contributed by atoms with van der Waals surface area (Å²) < 4.78 is 11.3. The Kier molecular flexibility index (Phi) is 2.37. The summed E-state index contributed by atoms with van der Waals surface area (Å²) in [5.41, 5.74) is 0.131. The van der Waals surface area contributed by atoms with Gasteiger partial charge in [-0.3, -0.25) is 0 Å². The second-order valence-corrected chi connectivity index (χ2v) is 5.09. The molecule has 0 bridgehead atoms. The molecule has 0 atom stereocenters. The van der Waals surface area contributed by atoms with Gasteiger partial charge in [0.05, 0.1) is 13.2 Å². The number of hydrogen-bond acceptors (Lipinski definition) is 4. The van der Waals surface area contributed by atoms with Crippen molar-refractivity contribution in [3.8, 4) is 11.5 Å². The number of fused-ring (bicyclic) bond motifs is 1. The van der Waals surface area contributed by atoms with Gasteiger partial charge in [0.1, 0.15) is 0 Å². The van der Waals surface area contributed by atoms with Crippen LogP contribution in [0.15, 0.2) is 0 Å². The molecule has 0 amide bonds. The molecular weight excluding hydrogens is 251 g/mol. The van der Waals surface area contributed by atoms with Crippen LogP contribution >= 0.6 is 23.2 Å². The summed E-state index contributed by atoms with van der Waals surface area (Å²) in [6.45, 7) is 1.23. The Hall–Kier alpha value is -0.740. The standard InChI is InChI=1S/C10H10Cl2N2O2/c11-8-6-7(9(12)14-13-8)16-5-10(4-15-6)2-1-3-10/h1-5H2. The molecule has 1 aliphatic carbocycles. The molecule has 3 rings (SSSR count). The Morgan fingerprint density at radius 2 is 1.44 bits per heavy atom. The number of rotatable bonds is 0. The quantitative estimate of drug-likeness (QED) is 0.720. The van der Waals surface area contributed by atoms with Gasteiger partial charge in [0.2, 0.25) is 11.5 Å². The maximum Gasteiger partial charge on any atom is 0.204 e. The Morgan fingerprint density at radius 1 is 0.938 bits per heavy atom. The first-order valence-electron chi connectivity index (χ1n) is 5.17. The molecule has 1 spiro atoms. The lowest BCUT2D eigenvalue weighted by molar-refractivity contribution is 0.0268. The van der Waals surface area contributed by atoms with Crippen molar-refractivity contribution >= 4 is 23.2 Å². The molecule has 1 aromatic heterocycles. The lowest BCUT2D eigenvalue weighted by Crippen LogP contribution is -2.39. The van der Waals surface area contributed by atoms with Gasteiger partial charge in [-0.2, -0.15) is 0 Å². The minimum atomic E-state index is 0.131. The first-order valence-corrected chi connectivity index (χ1v) is 5.93. The topological polar surface area (TPSA) is 44.2 Å². The molecule has 0 radical (unpaired) electrons. The molecule has 86 valence electrons. The third-order valence-corrected chi connectivity index (χ3v) is 3.76. The highest BCUT2D eigenvalue weighted by atomic mass is 35.5. The minimum absolute atomic E-state index is 0.131. The van der Waals surface area contributed by atoms with E-state index in [0.29, 0.717) is 24.7 Å². The average molecular weight is 261 g/mol. The predicted octanol–water partition coefficient (Wildman–Crippen LogP) is 2.72. The summed E-state index contributed by atoms with van der Waals surface area (Å²) in [6, 6.07) is 0. The number of hydrogen-bond donors (Lipinski definition) is 0. The fourth-order valence-corrected chi connectivity index (χ4v) is 2.43. The fourth-order valence-electron chi connectivity index (χ4n) is 2.07. The smallest absolute Gasteiger partial charge is 0.204 e. The fraction of sp³-hybridized carbons (Fsp3) is 0.600. The molecule has 6 heteroatoms. The third kappa shape index (κ3) is 1.52. The summed E-state index contributed by atoms with van der Waals surface area (Å²) >= 11 is 11.8. The van der Waals surface area contributed by atoms with Crippen molar-refractivity contribution in [2.24, 2.45) is 5.41 Å². The molecular formula is C10H10Cl2N2O2. The van der Waals surface area contributed by atoms with Crippen molar-refractivity contribution in [1.82, 2.24) is 10.2 Å². The zero-order valence-corrected chi connectivity index (χ0v) is 10.0. The van der Waals surface area contributed by atoms with Crippen LogP contribution in [0, 0.1) is 5.41 Å². The van der Waals surface area contributed by atoms with E-state index in [2.05, 4.69) is 10.2 Å². The molecule has 1 aromatic rings. The third-order valence-electron chi connectivity index (χ3n) is 3.27. The lowest BCUT2D eigenvalue weighted by Gasteiger charge is -2.39. The van der Waals surface area contributed by atoms with E-state index in [9.17, 15) is 0 Å². The maximum absolute atomic E-state index is 5.90. The minimum Gasteiger partial charge on any atom is -0.486 e. The van der Waals surface area contributed by atoms with Crippen LogP contribution in [-0.2, 0) is 0 Å². The summed E-state index contributed by atoms with van der Waals surface area (Å²) in [4.78, 5) is 0. The normalized spacial score (nSPS) is 21.4. The molecule has 0 aromatic carbocycles. The van der Waals surface area contributed by atoms with E-state index in [1.165, 1.54) is 6.42 Å². The largest absolute Gasteiger partial charge is 0.486 e. The summed E-state index contributed by atoms with van der Waals surface area (Å²) in [5.74, 6) is 0.843. The van der Waals surface area contributed by atoms with E-state index in [1.807, 2.05) is 0 Å². The number of nitrogens with zero attached hydrogens (tertiary/aromatic N) is 2.